The lowest BCUT2D eigenvalue weighted by Crippen LogP contribution is -2.29. The summed E-state index contributed by atoms with van der Waals surface area (Å²) in [4.78, 5) is 39.0. The van der Waals surface area contributed by atoms with E-state index in [0.29, 0.717) is 28.0 Å². The minimum Gasteiger partial charge on any atom is -0.507 e. The Hall–Kier alpha value is -5.40. The van der Waals surface area contributed by atoms with Gasteiger partial charge in [-0.2, -0.15) is 0 Å². The van der Waals surface area contributed by atoms with Crippen LogP contribution in [0.25, 0.3) is 5.76 Å². The topological polar surface area (TPSA) is 136 Å². The number of benzene rings is 4. The van der Waals surface area contributed by atoms with Gasteiger partial charge < -0.3 is 9.84 Å². The van der Waals surface area contributed by atoms with Crippen molar-refractivity contribution in [2.75, 3.05) is 4.90 Å². The number of hydrogen-bond acceptors (Lipinski definition) is 10. The molecule has 47 heavy (non-hydrogen) atoms. The molecule has 10 nitrogen and oxygen atoms in total. The van der Waals surface area contributed by atoms with Crippen LogP contribution in [0.15, 0.2) is 107 Å². The third-order valence-corrected chi connectivity index (χ3v) is 9.48. The molecule has 6 rings (SSSR count). The Kier molecular flexibility index (Phi) is 9.09. The molecule has 5 aromatic rings. The SMILES string of the molecule is Cc1cccc(COc2ccc(/C(O)=C3\C(=O)C(=O)N(c4nnc(SCc5ccc(F)cc5)s4)C3c3ccc([N+](=O)[O-])cc3)cc2)c1. The van der Waals surface area contributed by atoms with Gasteiger partial charge in [0, 0.05) is 23.4 Å². The first-order valence-electron chi connectivity index (χ1n) is 14.2. The number of ketones is 1. The smallest absolute Gasteiger partial charge is 0.301 e. The summed E-state index contributed by atoms with van der Waals surface area (Å²) in [6.07, 6.45) is 0. The number of aromatic nitrogens is 2. The predicted octanol–water partition coefficient (Wildman–Crippen LogP) is 7.39. The average molecular weight is 669 g/mol. The Morgan fingerprint density at radius 3 is 2.40 bits per heavy atom. The number of nitro groups is 1. The van der Waals surface area contributed by atoms with Crippen molar-refractivity contribution in [1.29, 1.82) is 0 Å². The summed E-state index contributed by atoms with van der Waals surface area (Å²) in [5, 5.41) is 31.3. The van der Waals surface area contributed by atoms with Crippen LogP contribution in [0.3, 0.4) is 0 Å². The fraction of sp³-hybridized carbons (Fsp3) is 0.118. The van der Waals surface area contributed by atoms with Gasteiger partial charge in [0.05, 0.1) is 16.5 Å². The minimum absolute atomic E-state index is 0.107. The van der Waals surface area contributed by atoms with E-state index in [9.17, 15) is 29.2 Å². The van der Waals surface area contributed by atoms with Crippen LogP contribution in [0.5, 0.6) is 5.75 Å². The third-order valence-electron chi connectivity index (χ3n) is 7.36. The number of rotatable bonds is 10. The molecule has 0 saturated carbocycles. The first kappa shape index (κ1) is 31.6. The second-order valence-corrected chi connectivity index (χ2v) is 12.8. The highest BCUT2D eigenvalue weighted by molar-refractivity contribution is 8.00. The molecule has 1 aliphatic rings. The Morgan fingerprint density at radius 2 is 1.72 bits per heavy atom. The molecule has 0 aliphatic carbocycles. The van der Waals surface area contributed by atoms with Crippen molar-refractivity contribution >= 4 is 51.4 Å². The lowest BCUT2D eigenvalue weighted by atomic mass is 9.95. The van der Waals surface area contributed by atoms with E-state index in [4.69, 9.17) is 4.74 Å². The molecule has 0 spiro atoms. The van der Waals surface area contributed by atoms with E-state index in [1.54, 1.807) is 36.4 Å². The first-order chi connectivity index (χ1) is 22.7. The zero-order valence-electron chi connectivity index (χ0n) is 24.7. The summed E-state index contributed by atoms with van der Waals surface area (Å²) >= 11 is 2.39. The van der Waals surface area contributed by atoms with E-state index < -0.39 is 28.4 Å². The highest BCUT2D eigenvalue weighted by atomic mass is 32.2. The normalized spacial score (nSPS) is 15.6. The maximum Gasteiger partial charge on any atom is 0.301 e. The lowest BCUT2D eigenvalue weighted by molar-refractivity contribution is -0.384. The molecule has 0 radical (unpaired) electrons. The number of nitro benzene ring substituents is 1. The molecule has 4 aromatic carbocycles. The zero-order valence-corrected chi connectivity index (χ0v) is 26.3. The van der Waals surface area contributed by atoms with Crippen LogP contribution in [-0.2, 0) is 21.9 Å². The molecule has 13 heteroatoms. The second-order valence-electron chi connectivity index (χ2n) is 10.6. The number of Topliss-reactive ketones (excluding diaryl/α,β-unsaturated/α-hetero) is 1. The quantitative estimate of drug-likeness (QED) is 0.0307. The minimum atomic E-state index is -1.14. The van der Waals surface area contributed by atoms with E-state index in [1.165, 1.54) is 48.2 Å². The average Bonchev–Trinajstić information content (AvgIpc) is 3.65. The summed E-state index contributed by atoms with van der Waals surface area (Å²) in [6.45, 7) is 2.33. The van der Waals surface area contributed by atoms with Crippen molar-refractivity contribution in [2.24, 2.45) is 0 Å². The van der Waals surface area contributed by atoms with E-state index in [0.717, 1.165) is 32.9 Å². The van der Waals surface area contributed by atoms with Gasteiger partial charge in [-0.1, -0.05) is 65.1 Å². The van der Waals surface area contributed by atoms with Gasteiger partial charge in [0.15, 0.2) is 4.34 Å². The maximum atomic E-state index is 13.5. The molecule has 1 atom stereocenters. The number of nitrogens with zero attached hydrogens (tertiary/aromatic N) is 4. The number of non-ortho nitro benzene ring substituents is 1. The Balaban J connectivity index is 1.31. The molecule has 1 aromatic heterocycles. The van der Waals surface area contributed by atoms with Crippen LogP contribution in [0.2, 0.25) is 0 Å². The van der Waals surface area contributed by atoms with Crippen molar-refractivity contribution in [2.45, 2.75) is 29.7 Å². The highest BCUT2D eigenvalue weighted by Crippen LogP contribution is 2.44. The number of aliphatic hydroxyl groups excluding tert-OH is 1. The predicted molar refractivity (Wildman–Crippen MR) is 176 cm³/mol. The van der Waals surface area contributed by atoms with Gasteiger partial charge in [-0.05, 0) is 72.1 Å². The van der Waals surface area contributed by atoms with Crippen molar-refractivity contribution in [3.63, 3.8) is 0 Å². The van der Waals surface area contributed by atoms with Gasteiger partial charge in [-0.15, -0.1) is 10.2 Å². The van der Waals surface area contributed by atoms with Crippen LogP contribution in [-0.4, -0.2) is 31.9 Å². The number of thioether (sulfide) groups is 1. The summed E-state index contributed by atoms with van der Waals surface area (Å²) in [7, 11) is 0. The molecule has 1 N–H and O–H groups in total. The number of amides is 1. The van der Waals surface area contributed by atoms with Crippen molar-refractivity contribution < 1.29 is 28.7 Å². The van der Waals surface area contributed by atoms with Crippen LogP contribution in [0.1, 0.15) is 33.9 Å². The fourth-order valence-electron chi connectivity index (χ4n) is 5.04. The summed E-state index contributed by atoms with van der Waals surface area (Å²) in [5.41, 5.74) is 3.20. The molecule has 1 amide bonds. The van der Waals surface area contributed by atoms with Gasteiger partial charge in [0.25, 0.3) is 11.5 Å². The number of anilines is 1. The van der Waals surface area contributed by atoms with Gasteiger partial charge in [-0.3, -0.25) is 24.6 Å². The van der Waals surface area contributed by atoms with Crippen molar-refractivity contribution in [1.82, 2.24) is 10.2 Å². The van der Waals surface area contributed by atoms with E-state index in [2.05, 4.69) is 10.2 Å². The molecule has 1 fully saturated rings. The van der Waals surface area contributed by atoms with E-state index in [-0.39, 0.29) is 27.8 Å². The summed E-state index contributed by atoms with van der Waals surface area (Å²) < 4.78 is 19.7. The molecular weight excluding hydrogens is 644 g/mol. The van der Waals surface area contributed by atoms with Gasteiger partial charge in [-0.25, -0.2) is 4.39 Å². The fourth-order valence-corrected chi connectivity index (χ4v) is 6.86. The molecule has 1 aliphatic heterocycles. The van der Waals surface area contributed by atoms with Crippen LogP contribution in [0.4, 0.5) is 15.2 Å². The molecule has 1 unspecified atom stereocenters. The van der Waals surface area contributed by atoms with Gasteiger partial charge >= 0.3 is 5.91 Å². The molecular formula is C34H25FN4O6S2. The number of hydrogen-bond donors (Lipinski definition) is 1. The number of ether oxygens (including phenoxy) is 1. The number of aryl methyl sites for hydroxylation is 1. The van der Waals surface area contributed by atoms with E-state index in [1.807, 2.05) is 31.2 Å². The Labute approximate surface area is 276 Å². The highest BCUT2D eigenvalue weighted by Gasteiger charge is 2.48. The first-order valence-corrected chi connectivity index (χ1v) is 16.0. The number of carbonyl (C=O) groups is 2. The molecule has 1 saturated heterocycles. The molecule has 2 heterocycles. The second kappa shape index (κ2) is 13.5. The third kappa shape index (κ3) is 6.90. The summed E-state index contributed by atoms with van der Waals surface area (Å²) in [6, 6.07) is 24.6. The molecule has 0 bridgehead atoms. The maximum absolute atomic E-state index is 13.5. The Morgan fingerprint density at radius 1 is 1.00 bits per heavy atom. The largest absolute Gasteiger partial charge is 0.507 e. The van der Waals surface area contributed by atoms with E-state index >= 15 is 0 Å². The summed E-state index contributed by atoms with van der Waals surface area (Å²) in [5.74, 6) is -1.64. The monoisotopic (exact) mass is 668 g/mol. The number of aliphatic hydroxyl groups is 1. The molecule has 236 valence electrons. The standard InChI is InChI=1S/C34H25FN4O6S2/c1-20-3-2-4-22(17-20)18-45-27-15-9-24(10-16-27)30(40)28-29(23-7-13-26(14-8-23)39(43)44)38(32(42)31(28)41)33-36-37-34(47-33)46-19-21-5-11-25(35)12-6-21/h2-17,29,40H,18-19H2,1H3/b30-28+. The van der Waals surface area contributed by atoms with Crippen LogP contribution in [0, 0.1) is 22.9 Å². The van der Waals surface area contributed by atoms with Gasteiger partial charge in [0.1, 0.15) is 23.9 Å². The number of carbonyl (C=O) groups excluding carboxylic acids is 2. The van der Waals surface area contributed by atoms with Crippen LogP contribution >= 0.6 is 23.1 Å². The van der Waals surface area contributed by atoms with Crippen molar-refractivity contribution in [3.05, 3.63) is 146 Å². The van der Waals surface area contributed by atoms with Crippen LogP contribution < -0.4 is 9.64 Å². The van der Waals surface area contributed by atoms with Gasteiger partial charge in [0.2, 0.25) is 5.13 Å². The number of halogens is 1. The lowest BCUT2D eigenvalue weighted by Gasteiger charge is -2.22. The van der Waals surface area contributed by atoms with Crippen molar-refractivity contribution in [3.8, 4) is 5.75 Å². The zero-order chi connectivity index (χ0) is 33.1. The Bertz CT molecular complexity index is 2000.